The lowest BCUT2D eigenvalue weighted by Gasteiger charge is -2.40. The Bertz CT molecular complexity index is 418. The van der Waals surface area contributed by atoms with Crippen LogP contribution in [0.25, 0.3) is 0 Å². The molecule has 5 nitrogen and oxygen atoms in total. The van der Waals surface area contributed by atoms with E-state index < -0.39 is 0 Å². The lowest BCUT2D eigenvalue weighted by molar-refractivity contribution is -0.135. The number of hydrogen-bond acceptors (Lipinski definition) is 3. The zero-order chi connectivity index (χ0) is 17.0. The molecule has 2 saturated heterocycles. The number of hydrogen-bond donors (Lipinski definition) is 1. The van der Waals surface area contributed by atoms with E-state index in [1.54, 1.807) is 6.92 Å². The van der Waals surface area contributed by atoms with E-state index in [-0.39, 0.29) is 17.9 Å². The third-order valence-corrected chi connectivity index (χ3v) is 5.63. The van der Waals surface area contributed by atoms with E-state index in [2.05, 4.69) is 19.2 Å². The molecular formula is C18H33N3O2. The van der Waals surface area contributed by atoms with Crippen LogP contribution in [0.5, 0.6) is 0 Å². The van der Waals surface area contributed by atoms with Crippen molar-refractivity contribution in [2.75, 3.05) is 26.2 Å². The van der Waals surface area contributed by atoms with Gasteiger partial charge in [-0.25, -0.2) is 0 Å². The molecule has 2 fully saturated rings. The molecule has 1 N–H and O–H groups in total. The molecule has 0 aromatic heterocycles. The smallest absolute Gasteiger partial charge is 0.239 e. The quantitative estimate of drug-likeness (QED) is 0.859. The Labute approximate surface area is 140 Å². The minimum absolute atomic E-state index is 0.133. The second kappa shape index (κ2) is 8.13. The van der Waals surface area contributed by atoms with Crippen molar-refractivity contribution in [1.82, 2.24) is 15.1 Å². The first-order chi connectivity index (χ1) is 10.9. The SMILES string of the molecule is CC[C@@H]1CN(C(C)=O)CC[C@@H]1N[C@H](C)C(=O)N1CCC(C)CC1. The van der Waals surface area contributed by atoms with Gasteiger partial charge in [-0.15, -0.1) is 0 Å². The van der Waals surface area contributed by atoms with E-state index in [0.29, 0.717) is 12.0 Å². The van der Waals surface area contributed by atoms with Gasteiger partial charge in [0.1, 0.15) is 0 Å². The molecule has 2 heterocycles. The van der Waals surface area contributed by atoms with Crippen LogP contribution >= 0.6 is 0 Å². The number of rotatable bonds is 4. The first-order valence-electron chi connectivity index (χ1n) is 9.22. The van der Waals surface area contributed by atoms with E-state index >= 15 is 0 Å². The van der Waals surface area contributed by atoms with E-state index in [1.165, 1.54) is 0 Å². The summed E-state index contributed by atoms with van der Waals surface area (Å²) in [5, 5.41) is 3.56. The Morgan fingerprint density at radius 2 is 1.74 bits per heavy atom. The minimum Gasteiger partial charge on any atom is -0.343 e. The molecule has 0 aliphatic carbocycles. The maximum Gasteiger partial charge on any atom is 0.239 e. The number of amides is 2. The highest BCUT2D eigenvalue weighted by molar-refractivity contribution is 5.81. The zero-order valence-corrected chi connectivity index (χ0v) is 15.2. The van der Waals surface area contributed by atoms with Crippen molar-refractivity contribution in [3.63, 3.8) is 0 Å². The van der Waals surface area contributed by atoms with E-state index in [1.807, 2.05) is 16.7 Å². The number of nitrogens with zero attached hydrogens (tertiary/aromatic N) is 2. The predicted molar refractivity (Wildman–Crippen MR) is 92.0 cm³/mol. The van der Waals surface area contributed by atoms with Crippen molar-refractivity contribution in [3.8, 4) is 0 Å². The first kappa shape index (κ1) is 18.2. The van der Waals surface area contributed by atoms with Gasteiger partial charge in [-0.1, -0.05) is 20.3 Å². The summed E-state index contributed by atoms with van der Waals surface area (Å²) < 4.78 is 0. The number of carbonyl (C=O) groups excluding carboxylic acids is 2. The van der Waals surface area contributed by atoms with E-state index in [9.17, 15) is 9.59 Å². The Kier molecular flexibility index (Phi) is 6.45. The monoisotopic (exact) mass is 323 g/mol. The molecule has 0 saturated carbocycles. The molecule has 0 aromatic carbocycles. The van der Waals surface area contributed by atoms with Crippen molar-refractivity contribution >= 4 is 11.8 Å². The molecule has 2 amide bonds. The minimum atomic E-state index is -0.133. The van der Waals surface area contributed by atoms with Gasteiger partial charge in [0, 0.05) is 39.1 Å². The van der Waals surface area contributed by atoms with Gasteiger partial charge < -0.3 is 15.1 Å². The van der Waals surface area contributed by atoms with Crippen LogP contribution in [-0.4, -0.2) is 59.9 Å². The summed E-state index contributed by atoms with van der Waals surface area (Å²) in [6, 6.07) is 0.199. The first-order valence-corrected chi connectivity index (χ1v) is 9.22. The summed E-state index contributed by atoms with van der Waals surface area (Å²) in [5.74, 6) is 1.57. The topological polar surface area (TPSA) is 52.7 Å². The summed E-state index contributed by atoms with van der Waals surface area (Å²) in [7, 11) is 0. The van der Waals surface area contributed by atoms with Gasteiger partial charge in [0.25, 0.3) is 0 Å². The Hall–Kier alpha value is -1.10. The van der Waals surface area contributed by atoms with Gasteiger partial charge in [0.2, 0.25) is 11.8 Å². The highest BCUT2D eigenvalue weighted by Gasteiger charge is 2.32. The fourth-order valence-electron chi connectivity index (χ4n) is 3.85. The molecule has 0 bridgehead atoms. The van der Waals surface area contributed by atoms with Crippen LogP contribution in [0, 0.1) is 11.8 Å². The standard InChI is InChI=1S/C18H33N3O2/c1-5-16-12-21(15(4)22)11-8-17(16)19-14(3)18(23)20-9-6-13(2)7-10-20/h13-14,16-17,19H,5-12H2,1-4H3/t14-,16-,17+/m1/s1. The molecule has 0 aromatic rings. The maximum absolute atomic E-state index is 12.6. The number of nitrogens with one attached hydrogen (secondary N) is 1. The van der Waals surface area contributed by atoms with Crippen LogP contribution in [-0.2, 0) is 9.59 Å². The molecule has 5 heteroatoms. The van der Waals surface area contributed by atoms with Crippen molar-refractivity contribution in [2.24, 2.45) is 11.8 Å². The highest BCUT2D eigenvalue weighted by Crippen LogP contribution is 2.22. The molecule has 3 atom stereocenters. The largest absolute Gasteiger partial charge is 0.343 e. The molecular weight excluding hydrogens is 290 g/mol. The Morgan fingerprint density at radius 1 is 1.13 bits per heavy atom. The highest BCUT2D eigenvalue weighted by atomic mass is 16.2. The van der Waals surface area contributed by atoms with Crippen molar-refractivity contribution in [2.45, 2.75) is 65.5 Å². The van der Waals surface area contributed by atoms with Crippen molar-refractivity contribution in [3.05, 3.63) is 0 Å². The van der Waals surface area contributed by atoms with E-state index in [4.69, 9.17) is 0 Å². The summed E-state index contributed by atoms with van der Waals surface area (Å²) in [5.41, 5.74) is 0. The molecule has 2 rings (SSSR count). The molecule has 2 aliphatic rings. The lowest BCUT2D eigenvalue weighted by Crippen LogP contribution is -2.56. The van der Waals surface area contributed by atoms with Crippen LogP contribution in [0.2, 0.25) is 0 Å². The number of piperidine rings is 2. The van der Waals surface area contributed by atoms with Gasteiger partial charge in [-0.2, -0.15) is 0 Å². The van der Waals surface area contributed by atoms with Crippen LogP contribution < -0.4 is 5.32 Å². The van der Waals surface area contributed by atoms with Crippen LogP contribution in [0.15, 0.2) is 0 Å². The van der Waals surface area contributed by atoms with Gasteiger partial charge >= 0.3 is 0 Å². The Balaban J connectivity index is 1.87. The van der Waals surface area contributed by atoms with Gasteiger partial charge in [-0.05, 0) is 38.0 Å². The predicted octanol–water partition coefficient (Wildman–Crippen LogP) is 1.87. The number of carbonyl (C=O) groups is 2. The van der Waals surface area contributed by atoms with Crippen molar-refractivity contribution in [1.29, 1.82) is 0 Å². The third kappa shape index (κ3) is 4.69. The fraction of sp³-hybridized carbons (Fsp3) is 0.889. The molecule has 23 heavy (non-hydrogen) atoms. The van der Waals surface area contributed by atoms with Gasteiger partial charge in [0.05, 0.1) is 6.04 Å². The molecule has 2 aliphatic heterocycles. The van der Waals surface area contributed by atoms with Gasteiger partial charge in [0.15, 0.2) is 0 Å². The summed E-state index contributed by atoms with van der Waals surface area (Å²) in [6.07, 6.45) is 4.20. The summed E-state index contributed by atoms with van der Waals surface area (Å²) in [6.45, 7) is 11.5. The molecule has 0 radical (unpaired) electrons. The normalized spacial score (nSPS) is 27.8. The van der Waals surface area contributed by atoms with E-state index in [0.717, 1.165) is 57.8 Å². The van der Waals surface area contributed by atoms with Crippen LogP contribution in [0.4, 0.5) is 0 Å². The molecule has 132 valence electrons. The van der Waals surface area contributed by atoms with Gasteiger partial charge in [-0.3, -0.25) is 9.59 Å². The molecule has 0 unspecified atom stereocenters. The number of likely N-dealkylation sites (tertiary alicyclic amines) is 2. The van der Waals surface area contributed by atoms with Crippen LogP contribution in [0.3, 0.4) is 0 Å². The Morgan fingerprint density at radius 3 is 2.30 bits per heavy atom. The summed E-state index contributed by atoms with van der Waals surface area (Å²) >= 11 is 0. The maximum atomic E-state index is 12.6. The fourth-order valence-corrected chi connectivity index (χ4v) is 3.85. The van der Waals surface area contributed by atoms with Crippen molar-refractivity contribution < 1.29 is 9.59 Å². The second-order valence-corrected chi connectivity index (χ2v) is 7.42. The van der Waals surface area contributed by atoms with Crippen LogP contribution in [0.1, 0.15) is 53.4 Å². The average molecular weight is 323 g/mol. The molecule has 0 spiro atoms. The lowest BCUT2D eigenvalue weighted by atomic mass is 9.89. The third-order valence-electron chi connectivity index (χ3n) is 5.63. The zero-order valence-electron chi connectivity index (χ0n) is 15.2. The average Bonchev–Trinajstić information content (AvgIpc) is 2.55. The summed E-state index contributed by atoms with van der Waals surface area (Å²) in [4.78, 5) is 28.2. The second-order valence-electron chi connectivity index (χ2n) is 7.42.